The molecule has 0 saturated carbocycles. The molecule has 1 saturated heterocycles. The lowest BCUT2D eigenvalue weighted by atomic mass is 10.1. The zero-order valence-corrected chi connectivity index (χ0v) is 20.1. The third-order valence-electron chi connectivity index (χ3n) is 6.59. The van der Waals surface area contributed by atoms with Crippen molar-refractivity contribution in [2.24, 2.45) is 0 Å². The minimum absolute atomic E-state index is 0.0709. The van der Waals surface area contributed by atoms with Gasteiger partial charge in [-0.05, 0) is 48.6 Å². The first kappa shape index (κ1) is 23.2. The van der Waals surface area contributed by atoms with Crippen LogP contribution in [0.2, 0.25) is 0 Å². The lowest BCUT2D eigenvalue weighted by Gasteiger charge is -2.26. The second-order valence-electron chi connectivity index (χ2n) is 9.04. The Morgan fingerprint density at radius 3 is 2.31 bits per heavy atom. The van der Waals surface area contributed by atoms with Gasteiger partial charge in [-0.15, -0.1) is 0 Å². The number of ether oxygens (including phenoxy) is 2. The molecule has 0 spiro atoms. The fourth-order valence-corrected chi connectivity index (χ4v) is 4.66. The van der Waals surface area contributed by atoms with Crippen molar-refractivity contribution in [2.75, 3.05) is 26.3 Å². The number of nitrogens with zero attached hydrogens (tertiary/aromatic N) is 2. The van der Waals surface area contributed by atoms with Crippen LogP contribution in [0, 0.1) is 0 Å². The van der Waals surface area contributed by atoms with Gasteiger partial charge < -0.3 is 18.9 Å². The fraction of sp³-hybridized carbons (Fsp3) is 0.300. The number of hydrogen-bond acceptors (Lipinski definition) is 3. The number of fused-ring (bicyclic) bond motifs is 1. The number of morpholine rings is 1. The standard InChI is InChI=1S/C30H32N2O3/c33-30(31-17-19-34-20-18-31)28-22-32(16-8-7-11-24-9-3-1-4-10-24)29-15-14-26(21-27(28)29)35-23-25-12-5-2-6-13-25/h1-6,9-10,12-15,21-22H,7-8,11,16-20,23H2. The Morgan fingerprint density at radius 2 is 1.57 bits per heavy atom. The van der Waals surface area contributed by atoms with E-state index in [9.17, 15) is 4.79 Å². The number of unbranched alkanes of at least 4 members (excludes halogenated alkanes) is 1. The summed E-state index contributed by atoms with van der Waals surface area (Å²) in [5.41, 5.74) is 4.31. The molecule has 5 heteroatoms. The molecule has 2 heterocycles. The van der Waals surface area contributed by atoms with Gasteiger partial charge >= 0.3 is 0 Å². The monoisotopic (exact) mass is 468 g/mol. The van der Waals surface area contributed by atoms with E-state index in [4.69, 9.17) is 9.47 Å². The zero-order valence-electron chi connectivity index (χ0n) is 20.1. The number of carbonyl (C=O) groups is 1. The van der Waals surface area contributed by atoms with E-state index < -0.39 is 0 Å². The first-order chi connectivity index (χ1) is 17.3. The van der Waals surface area contributed by atoms with Gasteiger partial charge in [-0.3, -0.25) is 4.79 Å². The molecule has 3 aromatic carbocycles. The average Bonchev–Trinajstić information content (AvgIpc) is 3.29. The van der Waals surface area contributed by atoms with E-state index in [-0.39, 0.29) is 5.91 Å². The van der Waals surface area contributed by atoms with Gasteiger partial charge in [0.1, 0.15) is 12.4 Å². The van der Waals surface area contributed by atoms with Crippen LogP contribution in [0.4, 0.5) is 0 Å². The molecular weight excluding hydrogens is 436 g/mol. The minimum atomic E-state index is 0.0709. The number of carbonyl (C=O) groups excluding carboxylic acids is 1. The van der Waals surface area contributed by atoms with Crippen LogP contribution in [0.3, 0.4) is 0 Å². The van der Waals surface area contributed by atoms with Crippen LogP contribution in [0.15, 0.2) is 85.1 Å². The molecule has 1 fully saturated rings. The van der Waals surface area contributed by atoms with E-state index in [2.05, 4.69) is 53.1 Å². The third kappa shape index (κ3) is 5.75. The summed E-state index contributed by atoms with van der Waals surface area (Å²) in [4.78, 5) is 15.3. The van der Waals surface area contributed by atoms with Crippen molar-refractivity contribution in [3.63, 3.8) is 0 Å². The highest BCUT2D eigenvalue weighted by atomic mass is 16.5. The van der Waals surface area contributed by atoms with E-state index in [0.29, 0.717) is 32.9 Å². The Kier molecular flexibility index (Phi) is 7.44. The Hall–Kier alpha value is -3.57. The number of hydrogen-bond donors (Lipinski definition) is 0. The summed E-state index contributed by atoms with van der Waals surface area (Å²) in [5.74, 6) is 0.848. The van der Waals surface area contributed by atoms with Crippen molar-refractivity contribution in [2.45, 2.75) is 32.4 Å². The van der Waals surface area contributed by atoms with Crippen molar-refractivity contribution in [1.29, 1.82) is 0 Å². The van der Waals surface area contributed by atoms with Gasteiger partial charge in [-0.2, -0.15) is 0 Å². The van der Waals surface area contributed by atoms with Crippen LogP contribution < -0.4 is 4.74 Å². The Morgan fingerprint density at radius 1 is 0.857 bits per heavy atom. The van der Waals surface area contributed by atoms with Crippen LogP contribution in [0.1, 0.15) is 34.3 Å². The Labute approximate surface area is 206 Å². The first-order valence-electron chi connectivity index (χ1n) is 12.5. The second-order valence-corrected chi connectivity index (χ2v) is 9.04. The summed E-state index contributed by atoms with van der Waals surface area (Å²) in [7, 11) is 0. The topological polar surface area (TPSA) is 43.7 Å². The summed E-state index contributed by atoms with van der Waals surface area (Å²) in [5, 5.41) is 0.954. The Balaban J connectivity index is 1.35. The summed E-state index contributed by atoms with van der Waals surface area (Å²) in [6.07, 6.45) is 5.26. The highest BCUT2D eigenvalue weighted by molar-refractivity contribution is 6.07. The minimum Gasteiger partial charge on any atom is -0.489 e. The largest absolute Gasteiger partial charge is 0.489 e. The number of rotatable bonds is 9. The number of aryl methyl sites for hydroxylation is 2. The predicted octanol–water partition coefficient (Wildman–Crippen LogP) is 5.72. The van der Waals surface area contributed by atoms with Crippen molar-refractivity contribution in [3.8, 4) is 5.75 Å². The highest BCUT2D eigenvalue weighted by Gasteiger charge is 2.23. The van der Waals surface area contributed by atoms with Gasteiger partial charge in [-0.25, -0.2) is 0 Å². The van der Waals surface area contributed by atoms with Crippen molar-refractivity contribution in [3.05, 3.63) is 102 Å². The van der Waals surface area contributed by atoms with Crippen molar-refractivity contribution in [1.82, 2.24) is 9.47 Å². The van der Waals surface area contributed by atoms with E-state index >= 15 is 0 Å². The summed E-state index contributed by atoms with van der Waals surface area (Å²) in [6, 6.07) is 26.9. The summed E-state index contributed by atoms with van der Waals surface area (Å²) < 4.78 is 13.8. The third-order valence-corrected chi connectivity index (χ3v) is 6.59. The second kappa shape index (κ2) is 11.2. The van der Waals surface area contributed by atoms with Gasteiger partial charge in [0.25, 0.3) is 5.91 Å². The smallest absolute Gasteiger partial charge is 0.256 e. The molecule has 1 aliphatic heterocycles. The molecule has 0 aliphatic carbocycles. The molecule has 0 radical (unpaired) electrons. The maximum absolute atomic E-state index is 13.4. The van der Waals surface area contributed by atoms with E-state index in [1.165, 1.54) is 5.56 Å². The van der Waals surface area contributed by atoms with E-state index in [1.54, 1.807) is 0 Å². The average molecular weight is 469 g/mol. The Bertz CT molecular complexity index is 1240. The SMILES string of the molecule is O=C(c1cn(CCCCc2ccccc2)c2ccc(OCc3ccccc3)cc12)N1CCOCC1. The molecule has 1 amide bonds. The highest BCUT2D eigenvalue weighted by Crippen LogP contribution is 2.28. The first-order valence-corrected chi connectivity index (χ1v) is 12.5. The van der Waals surface area contributed by atoms with E-state index in [0.717, 1.165) is 53.6 Å². The molecular formula is C30H32N2O3. The molecule has 35 heavy (non-hydrogen) atoms. The summed E-state index contributed by atoms with van der Waals surface area (Å²) >= 11 is 0. The number of aromatic nitrogens is 1. The van der Waals surface area contributed by atoms with Crippen LogP contribution in [-0.4, -0.2) is 41.7 Å². The van der Waals surface area contributed by atoms with Crippen LogP contribution in [0.25, 0.3) is 10.9 Å². The molecule has 1 aliphatic rings. The molecule has 4 aromatic rings. The zero-order chi connectivity index (χ0) is 23.9. The molecule has 0 atom stereocenters. The fourth-order valence-electron chi connectivity index (χ4n) is 4.66. The van der Waals surface area contributed by atoms with Crippen molar-refractivity contribution < 1.29 is 14.3 Å². The maximum atomic E-state index is 13.4. The molecule has 1 aromatic heterocycles. The maximum Gasteiger partial charge on any atom is 0.256 e. The molecule has 5 rings (SSSR count). The molecule has 0 bridgehead atoms. The van der Waals surface area contributed by atoms with Crippen LogP contribution >= 0.6 is 0 Å². The quantitative estimate of drug-likeness (QED) is 0.295. The lowest BCUT2D eigenvalue weighted by Crippen LogP contribution is -2.40. The molecule has 5 nitrogen and oxygen atoms in total. The van der Waals surface area contributed by atoms with Gasteiger partial charge in [0.2, 0.25) is 0 Å². The van der Waals surface area contributed by atoms with Crippen LogP contribution in [-0.2, 0) is 24.3 Å². The van der Waals surface area contributed by atoms with E-state index in [1.807, 2.05) is 41.4 Å². The molecule has 180 valence electrons. The molecule has 0 N–H and O–H groups in total. The summed E-state index contributed by atoms with van der Waals surface area (Å²) in [6.45, 7) is 3.83. The van der Waals surface area contributed by atoms with Gasteiger partial charge in [0, 0.05) is 36.7 Å². The van der Waals surface area contributed by atoms with Gasteiger partial charge in [-0.1, -0.05) is 60.7 Å². The number of benzene rings is 3. The van der Waals surface area contributed by atoms with Crippen molar-refractivity contribution >= 4 is 16.8 Å². The normalized spacial score (nSPS) is 13.8. The van der Waals surface area contributed by atoms with Crippen LogP contribution in [0.5, 0.6) is 5.75 Å². The lowest BCUT2D eigenvalue weighted by molar-refractivity contribution is 0.0304. The van der Waals surface area contributed by atoms with Gasteiger partial charge in [0.05, 0.1) is 18.8 Å². The predicted molar refractivity (Wildman–Crippen MR) is 139 cm³/mol. The molecule has 0 unspecified atom stereocenters. The van der Waals surface area contributed by atoms with Gasteiger partial charge in [0.15, 0.2) is 0 Å². The number of amides is 1.